The van der Waals surface area contributed by atoms with Crippen molar-refractivity contribution in [2.24, 2.45) is 0 Å². The van der Waals surface area contributed by atoms with E-state index in [-0.39, 0.29) is 0 Å². The number of benzene rings is 1. The standard InChI is InChI=1S/C9H13N/c1-6-4-5-7(2)9(10)8(6)3/h4-5H,10H2,1-3H3. The van der Waals surface area contributed by atoms with Crippen LogP contribution in [0.3, 0.4) is 0 Å². The molecule has 0 aromatic heterocycles. The molecule has 0 spiro atoms. The Hall–Kier alpha value is -0.980. The zero-order valence-electron chi connectivity index (χ0n) is 6.73. The molecule has 0 saturated carbocycles. The van der Waals surface area contributed by atoms with Crippen molar-refractivity contribution in [1.82, 2.24) is 0 Å². The Bertz CT molecular complexity index is 224. The lowest BCUT2D eigenvalue weighted by Gasteiger charge is -2.05. The Labute approximate surface area is 61.9 Å². The fourth-order valence-electron chi connectivity index (χ4n) is 0.973. The van der Waals surface area contributed by atoms with Crippen molar-refractivity contribution < 1.29 is 0 Å². The average molecular weight is 135 g/mol. The number of hydrogen-bond donors (Lipinski definition) is 1. The molecule has 1 nitrogen and oxygen atoms in total. The number of hydrogen-bond acceptors (Lipinski definition) is 1. The van der Waals surface area contributed by atoms with Gasteiger partial charge in [0.1, 0.15) is 0 Å². The third-order valence-electron chi connectivity index (χ3n) is 2.00. The maximum atomic E-state index is 5.78. The monoisotopic (exact) mass is 135 g/mol. The van der Waals surface area contributed by atoms with Crippen molar-refractivity contribution in [3.63, 3.8) is 0 Å². The van der Waals surface area contributed by atoms with E-state index < -0.39 is 0 Å². The van der Waals surface area contributed by atoms with Gasteiger partial charge in [-0.25, -0.2) is 0 Å². The maximum absolute atomic E-state index is 5.78. The van der Waals surface area contributed by atoms with Gasteiger partial charge < -0.3 is 5.73 Å². The van der Waals surface area contributed by atoms with Crippen LogP contribution in [0.5, 0.6) is 0 Å². The molecule has 1 aromatic rings. The predicted molar refractivity (Wildman–Crippen MR) is 45.1 cm³/mol. The fraction of sp³-hybridized carbons (Fsp3) is 0.333. The second kappa shape index (κ2) is 2.33. The second-order valence-electron chi connectivity index (χ2n) is 2.74. The zero-order valence-corrected chi connectivity index (χ0v) is 6.73. The van der Waals surface area contributed by atoms with Crippen molar-refractivity contribution in [1.29, 1.82) is 0 Å². The average Bonchev–Trinajstić information content (AvgIpc) is 1.93. The van der Waals surface area contributed by atoms with Crippen LogP contribution in [0.15, 0.2) is 12.1 Å². The van der Waals surface area contributed by atoms with Crippen molar-refractivity contribution in [2.45, 2.75) is 20.8 Å². The quantitative estimate of drug-likeness (QED) is 0.542. The lowest BCUT2D eigenvalue weighted by Crippen LogP contribution is -1.94. The van der Waals surface area contributed by atoms with Crippen LogP contribution in [0.1, 0.15) is 16.7 Å². The van der Waals surface area contributed by atoms with Gasteiger partial charge >= 0.3 is 0 Å². The minimum atomic E-state index is 0.931. The largest absolute Gasteiger partial charge is 0.398 e. The normalized spacial score (nSPS) is 9.90. The van der Waals surface area contributed by atoms with Crippen molar-refractivity contribution in [3.05, 3.63) is 28.8 Å². The molecule has 0 radical (unpaired) electrons. The minimum Gasteiger partial charge on any atom is -0.398 e. The summed E-state index contributed by atoms with van der Waals surface area (Å²) in [6, 6.07) is 4.15. The van der Waals surface area contributed by atoms with Crippen LogP contribution in [0, 0.1) is 20.8 Å². The first-order valence-corrected chi connectivity index (χ1v) is 3.45. The summed E-state index contributed by atoms with van der Waals surface area (Å²) in [7, 11) is 0. The number of rotatable bonds is 0. The zero-order chi connectivity index (χ0) is 7.72. The fourth-order valence-corrected chi connectivity index (χ4v) is 0.973. The molecular weight excluding hydrogens is 122 g/mol. The Morgan fingerprint density at radius 1 is 1.00 bits per heavy atom. The smallest absolute Gasteiger partial charge is 0.0376 e. The highest BCUT2D eigenvalue weighted by Gasteiger charge is 1.98. The molecule has 54 valence electrons. The molecule has 0 aliphatic carbocycles. The van der Waals surface area contributed by atoms with Gasteiger partial charge in [0.05, 0.1) is 0 Å². The molecule has 0 bridgehead atoms. The molecule has 2 N–H and O–H groups in total. The summed E-state index contributed by atoms with van der Waals surface area (Å²) in [6.45, 7) is 6.16. The van der Waals surface area contributed by atoms with Crippen LogP contribution in [0.4, 0.5) is 5.69 Å². The van der Waals surface area contributed by atoms with E-state index in [9.17, 15) is 0 Å². The van der Waals surface area contributed by atoms with Crippen LogP contribution in [-0.4, -0.2) is 0 Å². The summed E-state index contributed by atoms with van der Waals surface area (Å²) in [5, 5.41) is 0. The Morgan fingerprint density at radius 3 is 2.00 bits per heavy atom. The van der Waals surface area contributed by atoms with Crippen molar-refractivity contribution >= 4 is 5.69 Å². The van der Waals surface area contributed by atoms with Gasteiger partial charge in [-0.2, -0.15) is 0 Å². The molecule has 0 unspecified atom stereocenters. The number of nitrogens with two attached hydrogens (primary N) is 1. The van der Waals surface area contributed by atoms with Gasteiger partial charge in [-0.05, 0) is 37.5 Å². The molecule has 0 aliphatic rings. The highest BCUT2D eigenvalue weighted by Crippen LogP contribution is 2.18. The third-order valence-corrected chi connectivity index (χ3v) is 2.00. The molecule has 1 heteroatoms. The summed E-state index contributed by atoms with van der Waals surface area (Å²) in [4.78, 5) is 0. The molecule has 1 aromatic carbocycles. The lowest BCUT2D eigenvalue weighted by atomic mass is 10.0. The van der Waals surface area contributed by atoms with Gasteiger partial charge in [0.15, 0.2) is 0 Å². The number of aryl methyl sites for hydroxylation is 2. The van der Waals surface area contributed by atoms with E-state index in [1.165, 1.54) is 16.7 Å². The van der Waals surface area contributed by atoms with Crippen LogP contribution in [-0.2, 0) is 0 Å². The van der Waals surface area contributed by atoms with E-state index in [4.69, 9.17) is 5.73 Å². The maximum Gasteiger partial charge on any atom is 0.0376 e. The van der Waals surface area contributed by atoms with E-state index in [1.54, 1.807) is 0 Å². The first-order valence-electron chi connectivity index (χ1n) is 3.45. The molecule has 1 rings (SSSR count). The first kappa shape index (κ1) is 7.13. The molecular formula is C9H13N. The molecule has 10 heavy (non-hydrogen) atoms. The molecule has 0 aliphatic heterocycles. The lowest BCUT2D eigenvalue weighted by molar-refractivity contribution is 1.31. The number of nitrogen functional groups attached to an aromatic ring is 1. The highest BCUT2D eigenvalue weighted by molar-refractivity contribution is 5.55. The molecule has 0 heterocycles. The SMILES string of the molecule is Cc1ccc(C)c(N)c1C. The van der Waals surface area contributed by atoms with E-state index in [2.05, 4.69) is 26.0 Å². The van der Waals surface area contributed by atoms with Crippen molar-refractivity contribution in [3.8, 4) is 0 Å². The van der Waals surface area contributed by atoms with E-state index in [0.29, 0.717) is 0 Å². The minimum absolute atomic E-state index is 0.931. The summed E-state index contributed by atoms with van der Waals surface area (Å²) in [5.41, 5.74) is 10.4. The van der Waals surface area contributed by atoms with Gasteiger partial charge in [-0.1, -0.05) is 12.1 Å². The highest BCUT2D eigenvalue weighted by atomic mass is 14.6. The Balaban J connectivity index is 3.34. The van der Waals surface area contributed by atoms with Crippen molar-refractivity contribution in [2.75, 3.05) is 5.73 Å². The molecule has 0 fully saturated rings. The topological polar surface area (TPSA) is 26.0 Å². The van der Waals surface area contributed by atoms with Crippen LogP contribution < -0.4 is 5.73 Å². The van der Waals surface area contributed by atoms with Gasteiger partial charge in [0.2, 0.25) is 0 Å². The molecule has 0 saturated heterocycles. The van der Waals surface area contributed by atoms with Gasteiger partial charge in [-0.3, -0.25) is 0 Å². The third kappa shape index (κ3) is 0.991. The van der Waals surface area contributed by atoms with E-state index in [0.717, 1.165) is 5.69 Å². The van der Waals surface area contributed by atoms with Crippen LogP contribution in [0.25, 0.3) is 0 Å². The summed E-state index contributed by atoms with van der Waals surface area (Å²) in [6.07, 6.45) is 0. The summed E-state index contributed by atoms with van der Waals surface area (Å²) >= 11 is 0. The Morgan fingerprint density at radius 2 is 1.50 bits per heavy atom. The van der Waals surface area contributed by atoms with Crippen LogP contribution >= 0.6 is 0 Å². The second-order valence-corrected chi connectivity index (χ2v) is 2.74. The summed E-state index contributed by atoms with van der Waals surface area (Å²) in [5.74, 6) is 0. The number of anilines is 1. The van der Waals surface area contributed by atoms with E-state index in [1.807, 2.05) is 6.92 Å². The summed E-state index contributed by atoms with van der Waals surface area (Å²) < 4.78 is 0. The first-order chi connectivity index (χ1) is 4.63. The van der Waals surface area contributed by atoms with Gasteiger partial charge in [0.25, 0.3) is 0 Å². The van der Waals surface area contributed by atoms with E-state index >= 15 is 0 Å². The predicted octanol–water partition coefficient (Wildman–Crippen LogP) is 2.19. The van der Waals surface area contributed by atoms with Gasteiger partial charge in [0, 0.05) is 5.69 Å². The molecule has 0 atom stereocenters. The van der Waals surface area contributed by atoms with Gasteiger partial charge in [-0.15, -0.1) is 0 Å². The van der Waals surface area contributed by atoms with Crippen LogP contribution in [0.2, 0.25) is 0 Å². The molecule has 0 amide bonds. The Kier molecular flexibility index (Phi) is 1.66.